The van der Waals surface area contributed by atoms with Crippen molar-refractivity contribution in [2.24, 2.45) is 5.11 Å². The number of hydrogen-bond acceptors (Lipinski definition) is 2. The van der Waals surface area contributed by atoms with Crippen LogP contribution in [0, 0.1) is 5.82 Å². The molecular formula is C10H13FN4. The number of benzene rings is 1. The van der Waals surface area contributed by atoms with E-state index in [1.807, 2.05) is 17.9 Å². The third-order valence-electron chi connectivity index (χ3n) is 2.09. The van der Waals surface area contributed by atoms with Gasteiger partial charge in [0.05, 0.1) is 0 Å². The topological polar surface area (TPSA) is 52.0 Å². The van der Waals surface area contributed by atoms with E-state index in [9.17, 15) is 4.39 Å². The molecule has 80 valence electrons. The summed E-state index contributed by atoms with van der Waals surface area (Å²) in [6.45, 7) is 3.72. The maximum Gasteiger partial charge on any atom is 0.125 e. The van der Waals surface area contributed by atoms with E-state index < -0.39 is 0 Å². The molecule has 0 aromatic heterocycles. The molecule has 1 aromatic carbocycles. The van der Waals surface area contributed by atoms with Crippen LogP contribution in [-0.4, -0.2) is 19.6 Å². The second-order valence-corrected chi connectivity index (χ2v) is 3.01. The molecule has 0 aliphatic rings. The molecule has 0 atom stereocenters. The van der Waals surface area contributed by atoms with Crippen LogP contribution in [0.5, 0.6) is 0 Å². The minimum Gasteiger partial charge on any atom is -0.372 e. The summed E-state index contributed by atoms with van der Waals surface area (Å²) >= 11 is 0. The molecule has 1 rings (SSSR count). The third-order valence-corrected chi connectivity index (χ3v) is 2.09. The molecule has 0 unspecified atom stereocenters. The average molecular weight is 208 g/mol. The molecule has 15 heavy (non-hydrogen) atoms. The van der Waals surface area contributed by atoms with Gasteiger partial charge >= 0.3 is 0 Å². The van der Waals surface area contributed by atoms with E-state index in [4.69, 9.17) is 5.53 Å². The van der Waals surface area contributed by atoms with Gasteiger partial charge in [-0.2, -0.15) is 0 Å². The first-order chi connectivity index (χ1) is 7.27. The standard InChI is InChI=1S/C10H13FN4/c1-2-15(7-6-13-14-12)10-5-3-4-9(11)8-10/h3-5,8H,2,6-7H2,1H3. The Morgan fingerprint density at radius 3 is 2.93 bits per heavy atom. The van der Waals surface area contributed by atoms with Crippen molar-refractivity contribution in [1.29, 1.82) is 0 Å². The number of likely N-dealkylation sites (N-methyl/N-ethyl adjacent to an activating group) is 1. The second-order valence-electron chi connectivity index (χ2n) is 3.01. The highest BCUT2D eigenvalue weighted by atomic mass is 19.1. The second kappa shape index (κ2) is 5.88. The van der Waals surface area contributed by atoms with E-state index in [1.54, 1.807) is 6.07 Å². The maximum absolute atomic E-state index is 12.9. The fraction of sp³-hybridized carbons (Fsp3) is 0.400. The van der Waals surface area contributed by atoms with Gasteiger partial charge in [0.1, 0.15) is 5.82 Å². The Morgan fingerprint density at radius 1 is 1.53 bits per heavy atom. The third kappa shape index (κ3) is 3.48. The highest BCUT2D eigenvalue weighted by Gasteiger charge is 2.03. The molecule has 0 spiro atoms. The summed E-state index contributed by atoms with van der Waals surface area (Å²) in [5, 5.41) is 3.45. The zero-order valence-corrected chi connectivity index (χ0v) is 8.60. The van der Waals surface area contributed by atoms with Gasteiger partial charge in [0.2, 0.25) is 0 Å². The van der Waals surface area contributed by atoms with Crippen LogP contribution in [0.3, 0.4) is 0 Å². The summed E-state index contributed by atoms with van der Waals surface area (Å²) in [5.74, 6) is -0.255. The lowest BCUT2D eigenvalue weighted by atomic mass is 10.3. The summed E-state index contributed by atoms with van der Waals surface area (Å²) in [6.07, 6.45) is 0. The lowest BCUT2D eigenvalue weighted by Gasteiger charge is -2.21. The van der Waals surface area contributed by atoms with Gasteiger partial charge in [0.15, 0.2) is 0 Å². The van der Waals surface area contributed by atoms with Crippen LogP contribution < -0.4 is 4.90 Å². The molecule has 0 heterocycles. The van der Waals surface area contributed by atoms with Gasteiger partial charge in [-0.05, 0) is 30.7 Å². The smallest absolute Gasteiger partial charge is 0.125 e. The van der Waals surface area contributed by atoms with E-state index in [0.29, 0.717) is 13.1 Å². The molecule has 5 heteroatoms. The lowest BCUT2D eigenvalue weighted by Crippen LogP contribution is -2.25. The fourth-order valence-corrected chi connectivity index (χ4v) is 1.35. The van der Waals surface area contributed by atoms with Gasteiger partial charge in [-0.3, -0.25) is 0 Å². The first-order valence-corrected chi connectivity index (χ1v) is 4.79. The van der Waals surface area contributed by atoms with Gasteiger partial charge in [0, 0.05) is 30.2 Å². The van der Waals surface area contributed by atoms with Crippen molar-refractivity contribution >= 4 is 5.69 Å². The van der Waals surface area contributed by atoms with Crippen molar-refractivity contribution in [3.63, 3.8) is 0 Å². The Bertz CT molecular complexity index is 360. The molecule has 0 saturated carbocycles. The Balaban J connectivity index is 2.69. The highest BCUT2D eigenvalue weighted by molar-refractivity contribution is 5.46. The van der Waals surface area contributed by atoms with E-state index in [-0.39, 0.29) is 5.82 Å². The minimum atomic E-state index is -0.255. The molecule has 0 aliphatic carbocycles. The highest BCUT2D eigenvalue weighted by Crippen LogP contribution is 2.14. The predicted molar refractivity (Wildman–Crippen MR) is 58.3 cm³/mol. The van der Waals surface area contributed by atoms with E-state index in [2.05, 4.69) is 10.0 Å². The molecule has 0 N–H and O–H groups in total. The molecule has 0 radical (unpaired) electrons. The van der Waals surface area contributed by atoms with Crippen LogP contribution in [0.2, 0.25) is 0 Å². The van der Waals surface area contributed by atoms with Crippen LogP contribution in [0.15, 0.2) is 29.4 Å². The van der Waals surface area contributed by atoms with Gasteiger partial charge in [-0.1, -0.05) is 11.2 Å². The Labute approximate surface area is 88.0 Å². The van der Waals surface area contributed by atoms with Gasteiger partial charge in [0.25, 0.3) is 0 Å². The molecule has 0 fully saturated rings. The van der Waals surface area contributed by atoms with Gasteiger partial charge in [-0.25, -0.2) is 4.39 Å². The molecule has 4 nitrogen and oxygen atoms in total. The predicted octanol–water partition coefficient (Wildman–Crippen LogP) is 2.96. The van der Waals surface area contributed by atoms with E-state index in [1.165, 1.54) is 12.1 Å². The minimum absolute atomic E-state index is 0.255. The first-order valence-electron chi connectivity index (χ1n) is 4.79. The summed E-state index contributed by atoms with van der Waals surface area (Å²) in [7, 11) is 0. The molecule has 1 aromatic rings. The largest absolute Gasteiger partial charge is 0.372 e. The average Bonchev–Trinajstić information content (AvgIpc) is 2.24. The summed E-state index contributed by atoms with van der Waals surface area (Å²) in [4.78, 5) is 4.63. The summed E-state index contributed by atoms with van der Waals surface area (Å²) < 4.78 is 12.9. The van der Waals surface area contributed by atoms with Crippen molar-refractivity contribution in [3.8, 4) is 0 Å². The molecular weight excluding hydrogens is 195 g/mol. The van der Waals surface area contributed by atoms with Crippen molar-refractivity contribution in [2.75, 3.05) is 24.5 Å². The maximum atomic E-state index is 12.9. The molecule has 0 amide bonds. The molecule has 0 saturated heterocycles. The molecule has 0 aliphatic heterocycles. The van der Waals surface area contributed by atoms with Crippen molar-refractivity contribution in [1.82, 2.24) is 0 Å². The van der Waals surface area contributed by atoms with Crippen molar-refractivity contribution in [3.05, 3.63) is 40.5 Å². The van der Waals surface area contributed by atoms with Crippen LogP contribution in [0.25, 0.3) is 10.4 Å². The van der Waals surface area contributed by atoms with E-state index in [0.717, 1.165) is 12.2 Å². The number of nitrogens with zero attached hydrogens (tertiary/aromatic N) is 4. The van der Waals surface area contributed by atoms with Crippen LogP contribution in [0.1, 0.15) is 6.92 Å². The van der Waals surface area contributed by atoms with Crippen LogP contribution in [0.4, 0.5) is 10.1 Å². The summed E-state index contributed by atoms with van der Waals surface area (Å²) in [5.41, 5.74) is 8.96. The van der Waals surface area contributed by atoms with E-state index >= 15 is 0 Å². The Hall–Kier alpha value is -1.74. The van der Waals surface area contributed by atoms with Crippen molar-refractivity contribution < 1.29 is 4.39 Å². The first kappa shape index (κ1) is 11.3. The fourth-order valence-electron chi connectivity index (χ4n) is 1.35. The zero-order chi connectivity index (χ0) is 11.1. The number of hydrogen-bond donors (Lipinski definition) is 0. The number of rotatable bonds is 5. The van der Waals surface area contributed by atoms with Gasteiger partial charge < -0.3 is 4.90 Å². The summed E-state index contributed by atoms with van der Waals surface area (Å²) in [6, 6.07) is 6.38. The quantitative estimate of drug-likeness (QED) is 0.417. The number of anilines is 1. The monoisotopic (exact) mass is 208 g/mol. The zero-order valence-electron chi connectivity index (χ0n) is 8.60. The Morgan fingerprint density at radius 2 is 2.33 bits per heavy atom. The number of halogens is 1. The lowest BCUT2D eigenvalue weighted by molar-refractivity contribution is 0.626. The normalized spacial score (nSPS) is 9.47. The SMILES string of the molecule is CCN(CCN=[N+]=[N-])c1cccc(F)c1. The van der Waals surface area contributed by atoms with Gasteiger partial charge in [-0.15, -0.1) is 0 Å². The van der Waals surface area contributed by atoms with Crippen LogP contribution in [-0.2, 0) is 0 Å². The van der Waals surface area contributed by atoms with Crippen molar-refractivity contribution in [2.45, 2.75) is 6.92 Å². The Kier molecular flexibility index (Phi) is 4.44. The number of azide groups is 1. The molecule has 0 bridgehead atoms. The van der Waals surface area contributed by atoms with Crippen LogP contribution >= 0.6 is 0 Å².